The molecule has 4 nitrogen and oxygen atoms in total. The molecule has 0 spiro atoms. The van der Waals surface area contributed by atoms with Crippen molar-refractivity contribution in [3.05, 3.63) is 34.2 Å². The maximum Gasteiger partial charge on any atom is 0.341 e. The molecule has 2 N–H and O–H groups in total. The number of pyridine rings is 1. The van der Waals surface area contributed by atoms with Crippen LogP contribution in [0, 0.1) is 0 Å². The third-order valence-corrected chi connectivity index (χ3v) is 8.50. The zero-order chi connectivity index (χ0) is 20.2. The minimum atomic E-state index is -1.21. The van der Waals surface area contributed by atoms with Crippen LogP contribution in [-0.4, -0.2) is 37.2 Å². The molecular formula is C22H39NO3Sn. The van der Waals surface area contributed by atoms with Crippen LogP contribution in [-0.2, 0) is 0 Å². The van der Waals surface area contributed by atoms with Crippen LogP contribution in [0.3, 0.4) is 0 Å². The van der Waals surface area contributed by atoms with Crippen molar-refractivity contribution < 1.29 is 9.90 Å². The average Bonchev–Trinajstić information content (AvgIpc) is 2.66. The van der Waals surface area contributed by atoms with Gasteiger partial charge in [0.25, 0.3) is 5.56 Å². The molecule has 0 saturated heterocycles. The minimum Gasteiger partial charge on any atom is -0.477 e. The van der Waals surface area contributed by atoms with Crippen LogP contribution in [0.2, 0.25) is 8.87 Å². The molecule has 1 aromatic rings. The van der Waals surface area contributed by atoms with Crippen molar-refractivity contribution in [2.75, 3.05) is 0 Å². The predicted molar refractivity (Wildman–Crippen MR) is 116 cm³/mol. The van der Waals surface area contributed by atoms with Crippen LogP contribution in [0.5, 0.6) is 0 Å². The zero-order valence-electron chi connectivity index (χ0n) is 17.4. The molecule has 27 heavy (non-hydrogen) atoms. The maximum atomic E-state index is 10.6. The fourth-order valence-electron chi connectivity index (χ4n) is 2.78. The van der Waals surface area contributed by atoms with Gasteiger partial charge in [-0.25, -0.2) is 4.79 Å². The van der Waals surface area contributed by atoms with Crippen LogP contribution in [0.15, 0.2) is 23.1 Å². The van der Waals surface area contributed by atoms with E-state index in [1.165, 1.54) is 82.5 Å². The van der Waals surface area contributed by atoms with Gasteiger partial charge in [-0.15, -0.1) is 0 Å². The summed E-state index contributed by atoms with van der Waals surface area (Å²) in [7, 11) is 0. The minimum absolute atomic E-state index is 0.0736. The molecule has 0 aliphatic carbocycles. The molecule has 0 unspecified atom stereocenters. The van der Waals surface area contributed by atoms with Crippen molar-refractivity contribution in [3.8, 4) is 0 Å². The van der Waals surface area contributed by atoms with E-state index in [1.807, 2.05) is 0 Å². The molecule has 154 valence electrons. The third-order valence-electron chi connectivity index (χ3n) is 4.46. The molecular weight excluding hydrogens is 445 g/mol. The Balaban J connectivity index is 0.000000569. The van der Waals surface area contributed by atoms with E-state index < -0.39 is 11.5 Å². The summed E-state index contributed by atoms with van der Waals surface area (Å²) in [6, 6.07) is 2.71. The van der Waals surface area contributed by atoms with Gasteiger partial charge in [-0.1, -0.05) is 0 Å². The van der Waals surface area contributed by atoms with Gasteiger partial charge < -0.3 is 10.1 Å². The van der Waals surface area contributed by atoms with E-state index in [-0.39, 0.29) is 26.7 Å². The molecule has 1 heterocycles. The monoisotopic (exact) mass is 485 g/mol. The van der Waals surface area contributed by atoms with Crippen molar-refractivity contribution in [3.63, 3.8) is 0 Å². The first-order valence-corrected chi connectivity index (χ1v) is 14.8. The van der Waals surface area contributed by atoms with Crippen LogP contribution in [0.1, 0.15) is 101 Å². The number of aromatic amines is 1. The molecule has 0 aliphatic rings. The maximum absolute atomic E-state index is 10.6. The second-order valence-corrected chi connectivity index (χ2v) is 11.3. The molecule has 2 radical (unpaired) electrons. The van der Waals surface area contributed by atoms with E-state index in [2.05, 4.69) is 18.8 Å². The summed E-state index contributed by atoms with van der Waals surface area (Å²) in [4.78, 5) is 23.1. The summed E-state index contributed by atoms with van der Waals surface area (Å²) < 4.78 is 3.31. The molecule has 0 fully saturated rings. The molecule has 0 aliphatic heterocycles. The molecule has 0 aromatic carbocycles. The summed E-state index contributed by atoms with van der Waals surface area (Å²) in [5.74, 6) is -1.21. The molecule has 0 atom stereocenters. The van der Waals surface area contributed by atoms with E-state index in [9.17, 15) is 9.59 Å². The number of aromatic nitrogens is 1. The SMILES string of the molecule is CCCCCCC[CH2][Sn][CH2]CCCCCCC.O=C(O)c1ccc[nH]c1=O. The van der Waals surface area contributed by atoms with E-state index in [1.54, 1.807) is 21.7 Å². The van der Waals surface area contributed by atoms with Gasteiger partial charge in [-0.2, -0.15) is 0 Å². The number of carboxylic acids is 1. The Labute approximate surface area is 175 Å². The van der Waals surface area contributed by atoms with Gasteiger partial charge in [-0.3, -0.25) is 4.79 Å². The van der Waals surface area contributed by atoms with Crippen molar-refractivity contribution in [1.82, 2.24) is 4.98 Å². The summed E-state index contributed by atoms with van der Waals surface area (Å²) in [5, 5.41) is 8.35. The van der Waals surface area contributed by atoms with Gasteiger partial charge in [0.1, 0.15) is 5.56 Å². The third kappa shape index (κ3) is 17.1. The first kappa shape index (κ1) is 26.2. The largest absolute Gasteiger partial charge is 0.477 e. The predicted octanol–water partition coefficient (Wildman–Crippen LogP) is 6.32. The number of carbonyl (C=O) groups is 1. The van der Waals surface area contributed by atoms with Crippen molar-refractivity contribution in [2.24, 2.45) is 0 Å². The number of hydrogen-bond acceptors (Lipinski definition) is 2. The number of nitrogens with one attached hydrogen (secondary N) is 1. The van der Waals surface area contributed by atoms with Crippen molar-refractivity contribution in [2.45, 2.75) is 99.8 Å². The fraction of sp³-hybridized carbons (Fsp3) is 0.727. The van der Waals surface area contributed by atoms with E-state index in [4.69, 9.17) is 5.11 Å². The molecule has 0 saturated carbocycles. The van der Waals surface area contributed by atoms with E-state index in [0.29, 0.717) is 0 Å². The molecule has 1 aromatic heterocycles. The Morgan fingerprint density at radius 2 is 1.37 bits per heavy atom. The molecule has 1 rings (SSSR count). The fourth-order valence-corrected chi connectivity index (χ4v) is 6.34. The van der Waals surface area contributed by atoms with Crippen molar-refractivity contribution in [1.29, 1.82) is 0 Å². The number of hydrogen-bond donors (Lipinski definition) is 2. The molecule has 5 heteroatoms. The Hall–Kier alpha value is -0.781. The Morgan fingerprint density at radius 1 is 0.889 bits per heavy atom. The number of aromatic carboxylic acids is 1. The average molecular weight is 484 g/mol. The quantitative estimate of drug-likeness (QED) is 0.226. The number of H-pyrrole nitrogens is 1. The summed E-state index contributed by atoms with van der Waals surface area (Å²) in [6.07, 6.45) is 19.2. The van der Waals surface area contributed by atoms with Crippen LogP contribution >= 0.6 is 0 Å². The topological polar surface area (TPSA) is 70.2 Å². The second-order valence-electron chi connectivity index (χ2n) is 7.00. The number of unbranched alkanes of at least 4 members (excludes halogenated alkanes) is 10. The Bertz CT molecular complexity index is 502. The van der Waals surface area contributed by atoms with Crippen LogP contribution < -0.4 is 5.56 Å². The summed E-state index contributed by atoms with van der Waals surface area (Å²) >= 11 is 0.0736. The van der Waals surface area contributed by atoms with E-state index >= 15 is 0 Å². The Kier molecular flexibility index (Phi) is 19.4. The second kappa shape index (κ2) is 20.0. The normalized spacial score (nSPS) is 10.3. The van der Waals surface area contributed by atoms with Crippen LogP contribution in [0.25, 0.3) is 0 Å². The molecule has 0 bridgehead atoms. The van der Waals surface area contributed by atoms with Gasteiger partial charge in [0.2, 0.25) is 0 Å². The van der Waals surface area contributed by atoms with Crippen LogP contribution in [0.4, 0.5) is 0 Å². The number of carboxylic acid groups (broad SMARTS) is 1. The standard InChI is InChI=1S/2C8H17.C6H5NO3.Sn/c2*1-3-5-7-8-6-4-2;8-5-4(6(9)10)2-1-3-7-5;/h2*1,3-8H2,2H3;1-3H,(H,7,8)(H,9,10);. The van der Waals surface area contributed by atoms with Gasteiger partial charge in [0, 0.05) is 6.20 Å². The van der Waals surface area contributed by atoms with E-state index in [0.717, 1.165) is 0 Å². The smallest absolute Gasteiger partial charge is 0.341 e. The summed E-state index contributed by atoms with van der Waals surface area (Å²) in [6.45, 7) is 4.60. The number of rotatable bonds is 15. The molecule has 0 amide bonds. The Morgan fingerprint density at radius 3 is 1.78 bits per heavy atom. The zero-order valence-corrected chi connectivity index (χ0v) is 20.2. The van der Waals surface area contributed by atoms with Gasteiger partial charge >= 0.3 is 127 Å². The van der Waals surface area contributed by atoms with Gasteiger partial charge in [-0.05, 0) is 12.1 Å². The van der Waals surface area contributed by atoms with Gasteiger partial charge in [0.05, 0.1) is 0 Å². The first-order chi connectivity index (χ1) is 13.1. The first-order valence-electron chi connectivity index (χ1n) is 10.7. The van der Waals surface area contributed by atoms with Crippen molar-refractivity contribution >= 4 is 27.1 Å². The summed E-state index contributed by atoms with van der Waals surface area (Å²) in [5.41, 5.74) is -0.808. The van der Waals surface area contributed by atoms with Gasteiger partial charge in [0.15, 0.2) is 0 Å².